The fraction of sp³-hybridized carbons (Fsp3) is 0.421. The predicted molar refractivity (Wildman–Crippen MR) is 210 cm³/mol. The fourth-order valence-corrected chi connectivity index (χ4v) is 8.21. The van der Waals surface area contributed by atoms with E-state index in [1.807, 2.05) is 6.07 Å². The molecular formula is C38H43ClF2N10O3S. The van der Waals surface area contributed by atoms with Crippen LogP contribution >= 0.6 is 23.4 Å². The van der Waals surface area contributed by atoms with Gasteiger partial charge in [0, 0.05) is 44.8 Å². The minimum atomic E-state index is -0.379. The molecule has 3 aliphatic heterocycles. The molecule has 0 saturated carbocycles. The molecule has 0 spiro atoms. The highest BCUT2D eigenvalue weighted by Gasteiger charge is 2.22. The number of carbonyl (C=O) groups excluding carboxylic acids is 1. The number of piperidine rings is 2. The molecule has 0 bridgehead atoms. The van der Waals surface area contributed by atoms with Crippen molar-refractivity contribution in [2.75, 3.05) is 50.3 Å². The molecular weight excluding hydrogens is 750 g/mol. The SMILES string of the molecule is NC1CCN(CCn2c(=O)cnc3ccc(F)cc32)CC1.O=C1CSc2cc(Cl)c(CNC3CCN(CCn4c(=O)cnc5ccc(F)cc54)CC3)nc2N1. The number of amides is 1. The minimum absolute atomic E-state index is 0.0502. The number of anilines is 1. The van der Waals surface area contributed by atoms with Crippen LogP contribution in [0.25, 0.3) is 22.1 Å². The largest absolute Gasteiger partial charge is 0.328 e. The quantitative estimate of drug-likeness (QED) is 0.199. The summed E-state index contributed by atoms with van der Waals surface area (Å²) in [5.74, 6) is 0.175. The van der Waals surface area contributed by atoms with Gasteiger partial charge in [-0.1, -0.05) is 11.6 Å². The van der Waals surface area contributed by atoms with E-state index in [2.05, 4.69) is 35.4 Å². The van der Waals surface area contributed by atoms with Gasteiger partial charge in [0.25, 0.3) is 11.1 Å². The van der Waals surface area contributed by atoms with E-state index < -0.39 is 0 Å². The van der Waals surface area contributed by atoms with Crippen molar-refractivity contribution in [3.63, 3.8) is 0 Å². The van der Waals surface area contributed by atoms with Gasteiger partial charge < -0.3 is 35.3 Å². The molecule has 6 heterocycles. The first-order valence-corrected chi connectivity index (χ1v) is 19.8. The number of benzene rings is 2. The van der Waals surface area contributed by atoms with E-state index in [1.165, 1.54) is 48.4 Å². The number of halogens is 3. The Morgan fingerprint density at radius 2 is 1.35 bits per heavy atom. The van der Waals surface area contributed by atoms with Crippen molar-refractivity contribution in [1.82, 2.24) is 39.2 Å². The Balaban J connectivity index is 0.000000190. The van der Waals surface area contributed by atoms with Crippen molar-refractivity contribution < 1.29 is 13.6 Å². The third kappa shape index (κ3) is 9.74. The maximum Gasteiger partial charge on any atom is 0.269 e. The lowest BCUT2D eigenvalue weighted by atomic mass is 10.0. The van der Waals surface area contributed by atoms with Gasteiger partial charge in [-0.3, -0.25) is 14.4 Å². The molecule has 8 rings (SSSR count). The number of hydrogen-bond donors (Lipinski definition) is 3. The predicted octanol–water partition coefficient (Wildman–Crippen LogP) is 3.84. The number of pyridine rings is 1. The highest BCUT2D eigenvalue weighted by molar-refractivity contribution is 8.00. The molecule has 2 saturated heterocycles. The number of hydrogen-bond acceptors (Lipinski definition) is 11. The van der Waals surface area contributed by atoms with Crippen LogP contribution in [0.15, 0.2) is 69.3 Å². The van der Waals surface area contributed by atoms with Gasteiger partial charge in [0.1, 0.15) is 17.5 Å². The fourth-order valence-electron chi connectivity index (χ4n) is 7.14. The summed E-state index contributed by atoms with van der Waals surface area (Å²) in [4.78, 5) is 54.2. The first kappa shape index (κ1) is 38.9. The van der Waals surface area contributed by atoms with Crippen molar-refractivity contribution in [2.24, 2.45) is 5.73 Å². The number of nitrogens with one attached hydrogen (secondary N) is 2. The van der Waals surface area contributed by atoms with Gasteiger partial charge in [-0.05, 0) is 94.3 Å². The molecule has 13 nitrogen and oxygen atoms in total. The van der Waals surface area contributed by atoms with Crippen molar-refractivity contribution in [2.45, 2.75) is 62.3 Å². The van der Waals surface area contributed by atoms with Crippen LogP contribution < -0.4 is 27.5 Å². The second kappa shape index (κ2) is 17.6. The van der Waals surface area contributed by atoms with Gasteiger partial charge in [0.15, 0.2) is 0 Å². The number of carbonyl (C=O) groups is 1. The third-order valence-corrected chi connectivity index (χ3v) is 11.7. The molecule has 0 radical (unpaired) electrons. The zero-order valence-electron chi connectivity index (χ0n) is 30.2. The van der Waals surface area contributed by atoms with Gasteiger partial charge in [0.05, 0.1) is 55.8 Å². The highest BCUT2D eigenvalue weighted by atomic mass is 35.5. The van der Waals surface area contributed by atoms with Crippen molar-refractivity contribution in [1.29, 1.82) is 0 Å². The lowest BCUT2D eigenvalue weighted by Crippen LogP contribution is -2.43. The Morgan fingerprint density at radius 1 is 0.800 bits per heavy atom. The average molecular weight is 793 g/mol. The second-order valence-electron chi connectivity index (χ2n) is 14.0. The number of likely N-dealkylation sites (tertiary alicyclic amines) is 2. The lowest BCUT2D eigenvalue weighted by Gasteiger charge is -2.32. The van der Waals surface area contributed by atoms with E-state index in [0.29, 0.717) is 76.9 Å². The molecule has 5 aromatic rings. The molecule has 2 fully saturated rings. The summed E-state index contributed by atoms with van der Waals surface area (Å²) in [6.45, 7) is 6.71. The average Bonchev–Trinajstić information content (AvgIpc) is 3.18. The Kier molecular flexibility index (Phi) is 12.5. The first-order chi connectivity index (χ1) is 26.6. The molecule has 55 heavy (non-hydrogen) atoms. The number of nitrogens with two attached hydrogens (primary N) is 1. The van der Waals surface area contributed by atoms with E-state index >= 15 is 0 Å². The van der Waals surface area contributed by atoms with E-state index in [9.17, 15) is 23.2 Å². The number of aromatic nitrogens is 5. The summed E-state index contributed by atoms with van der Waals surface area (Å²) in [5.41, 5.74) is 8.51. The highest BCUT2D eigenvalue weighted by Crippen LogP contribution is 2.33. The molecule has 0 unspecified atom stereocenters. The summed E-state index contributed by atoms with van der Waals surface area (Å²) < 4.78 is 30.3. The van der Waals surface area contributed by atoms with Crippen LogP contribution in [0.1, 0.15) is 31.4 Å². The smallest absolute Gasteiger partial charge is 0.269 e. The summed E-state index contributed by atoms with van der Waals surface area (Å²) in [7, 11) is 0. The summed E-state index contributed by atoms with van der Waals surface area (Å²) in [5, 5.41) is 6.93. The van der Waals surface area contributed by atoms with Crippen molar-refractivity contribution in [3.8, 4) is 0 Å². The van der Waals surface area contributed by atoms with E-state index in [0.717, 1.165) is 69.0 Å². The standard InChI is InChI=1S/C23H24ClFN6O2S.C15H19FN4O/c24-16-10-20-23(29-21(32)13-34-20)28-18(16)11-26-15-3-5-30(6-4-15)7-8-31-19-9-14(25)1-2-17(19)27-12-22(31)33;16-11-1-2-13-14(9-11)20(15(21)10-18-13)8-7-19-5-3-12(17)4-6-19/h1-2,9-10,12,15,26H,3-8,11,13H2,(H,28,29,32);1-2,9-10,12H,3-8,17H2. The van der Waals surface area contributed by atoms with Crippen LogP contribution in [0.5, 0.6) is 0 Å². The van der Waals surface area contributed by atoms with Crippen molar-refractivity contribution in [3.05, 3.63) is 97.9 Å². The zero-order valence-corrected chi connectivity index (χ0v) is 31.8. The maximum atomic E-state index is 13.7. The molecule has 3 aromatic heterocycles. The van der Waals surface area contributed by atoms with Crippen LogP contribution in [-0.2, 0) is 24.4 Å². The number of nitrogens with zero attached hydrogens (tertiary/aromatic N) is 7. The Bertz CT molecular complexity index is 2290. The maximum absolute atomic E-state index is 13.7. The van der Waals surface area contributed by atoms with Crippen LogP contribution in [0.4, 0.5) is 14.6 Å². The second-order valence-corrected chi connectivity index (χ2v) is 15.5. The van der Waals surface area contributed by atoms with E-state index in [4.69, 9.17) is 17.3 Å². The minimum Gasteiger partial charge on any atom is -0.328 e. The number of thioether (sulfide) groups is 1. The van der Waals surface area contributed by atoms with Crippen molar-refractivity contribution >= 4 is 57.2 Å². The third-order valence-electron chi connectivity index (χ3n) is 10.3. The molecule has 0 aliphatic carbocycles. The van der Waals surface area contributed by atoms with Crippen LogP contribution in [0, 0.1) is 11.6 Å². The Hall–Kier alpha value is -4.32. The molecule has 290 valence electrons. The van der Waals surface area contributed by atoms with Gasteiger partial charge >= 0.3 is 0 Å². The van der Waals surface area contributed by atoms with Gasteiger partial charge in [-0.15, -0.1) is 11.8 Å². The molecule has 1 amide bonds. The van der Waals surface area contributed by atoms with Gasteiger partial charge in [-0.25, -0.2) is 23.7 Å². The Labute approximate surface area is 325 Å². The lowest BCUT2D eigenvalue weighted by molar-refractivity contribution is -0.113. The van der Waals surface area contributed by atoms with E-state index in [1.54, 1.807) is 21.3 Å². The normalized spacial score (nSPS) is 17.2. The first-order valence-electron chi connectivity index (χ1n) is 18.5. The van der Waals surface area contributed by atoms with E-state index in [-0.39, 0.29) is 28.7 Å². The number of fused-ring (bicyclic) bond motifs is 3. The number of rotatable bonds is 9. The van der Waals surface area contributed by atoms with Gasteiger partial charge in [-0.2, -0.15) is 0 Å². The topological polar surface area (TPSA) is 156 Å². The molecule has 0 atom stereocenters. The van der Waals surface area contributed by atoms with Gasteiger partial charge in [0.2, 0.25) is 5.91 Å². The summed E-state index contributed by atoms with van der Waals surface area (Å²) >= 11 is 7.85. The zero-order chi connectivity index (χ0) is 38.5. The molecule has 2 aromatic carbocycles. The molecule has 17 heteroatoms. The monoisotopic (exact) mass is 792 g/mol. The van der Waals surface area contributed by atoms with Crippen LogP contribution in [0.3, 0.4) is 0 Å². The molecule has 3 aliphatic rings. The van der Waals surface area contributed by atoms with Crippen LogP contribution in [0.2, 0.25) is 5.02 Å². The molecule has 4 N–H and O–H groups in total. The Morgan fingerprint density at radius 3 is 1.91 bits per heavy atom. The van der Waals surface area contributed by atoms with Crippen LogP contribution in [-0.4, -0.2) is 96.9 Å². The summed E-state index contributed by atoms with van der Waals surface area (Å²) in [6, 6.07) is 11.1. The summed E-state index contributed by atoms with van der Waals surface area (Å²) in [6.07, 6.45) is 6.47.